The highest BCUT2D eigenvalue weighted by Gasteiger charge is 2.22. The van der Waals surface area contributed by atoms with Gasteiger partial charge in [0.05, 0.1) is 23.6 Å². The van der Waals surface area contributed by atoms with Crippen molar-refractivity contribution in [3.63, 3.8) is 0 Å². The van der Waals surface area contributed by atoms with Crippen molar-refractivity contribution in [3.8, 4) is 6.07 Å². The Morgan fingerprint density at radius 3 is 2.59 bits per heavy atom. The van der Waals surface area contributed by atoms with Crippen LogP contribution in [0.2, 0.25) is 0 Å². The number of aromatic nitrogens is 5. The van der Waals surface area contributed by atoms with E-state index in [2.05, 4.69) is 15.5 Å². The predicted octanol–water partition coefficient (Wildman–Crippen LogP) is 1.50. The van der Waals surface area contributed by atoms with Gasteiger partial charge in [0.1, 0.15) is 5.69 Å². The molecule has 15 nitrogen and oxygen atoms in total. The maximum absolute atomic E-state index is 12.7. The summed E-state index contributed by atoms with van der Waals surface area (Å²) in [6, 6.07) is 4.85. The van der Waals surface area contributed by atoms with E-state index >= 15 is 0 Å². The molecule has 3 aromatic rings. The summed E-state index contributed by atoms with van der Waals surface area (Å²) in [6.07, 6.45) is 3.87. The van der Waals surface area contributed by atoms with E-state index in [9.17, 15) is 24.5 Å². The molecule has 0 unspecified atom stereocenters. The molecule has 0 aliphatic rings. The van der Waals surface area contributed by atoms with Crippen molar-refractivity contribution in [2.45, 2.75) is 6.42 Å². The number of amides is 3. The number of hydrogen-bond donors (Lipinski definition) is 1. The van der Waals surface area contributed by atoms with Crippen LogP contribution >= 0.6 is 0 Å². The second-order valence-electron chi connectivity index (χ2n) is 7.10. The summed E-state index contributed by atoms with van der Waals surface area (Å²) in [5.74, 6) is -0.345. The molecule has 15 heteroatoms. The number of carbonyl (C=O) groups excluding carboxylic acids is 3. The Morgan fingerprint density at radius 1 is 1.21 bits per heavy atom. The van der Waals surface area contributed by atoms with Gasteiger partial charge < -0.3 is 10.2 Å². The van der Waals surface area contributed by atoms with Crippen LogP contribution in [0.1, 0.15) is 16.9 Å². The molecule has 3 amide bonds. The number of nitriles is 1. The molecule has 0 radical (unpaired) electrons. The second-order valence-corrected chi connectivity index (χ2v) is 7.10. The standard InChI is InChI=1S/C19H20N10O5/c1-24(8-4-7-20)18(31)28-10-6-15(22-28)21-17(30)14-11-16(23-26(14)3)25(2)19(32)27-9-5-13(12-27)29(33)34/h5-6,9-12H,4,8H2,1-3H3,(H,21,22,30). The zero-order valence-electron chi connectivity index (χ0n) is 18.4. The molecule has 34 heavy (non-hydrogen) atoms. The summed E-state index contributed by atoms with van der Waals surface area (Å²) in [5.41, 5.74) is -0.142. The molecule has 0 spiro atoms. The Kier molecular flexibility index (Phi) is 6.71. The van der Waals surface area contributed by atoms with Crippen molar-refractivity contribution < 1.29 is 19.3 Å². The molecule has 1 N–H and O–H groups in total. The van der Waals surface area contributed by atoms with Gasteiger partial charge in [-0.25, -0.2) is 9.59 Å². The number of nitro groups is 1. The van der Waals surface area contributed by atoms with E-state index in [1.54, 1.807) is 0 Å². The van der Waals surface area contributed by atoms with E-state index in [0.29, 0.717) is 0 Å². The van der Waals surface area contributed by atoms with Crippen molar-refractivity contribution in [3.05, 3.63) is 52.6 Å². The molecule has 0 aromatic carbocycles. The number of nitrogens with zero attached hydrogens (tertiary/aromatic N) is 9. The smallest absolute Gasteiger partial charge is 0.325 e. The zero-order valence-corrected chi connectivity index (χ0v) is 18.4. The molecular weight excluding hydrogens is 448 g/mol. The summed E-state index contributed by atoms with van der Waals surface area (Å²) in [6.45, 7) is 0.233. The number of nitrogens with one attached hydrogen (secondary N) is 1. The average molecular weight is 468 g/mol. The second kappa shape index (κ2) is 9.65. The SMILES string of the molecule is CN(CCC#N)C(=O)n1ccc(NC(=O)c2cc(N(C)C(=O)n3ccc([N+](=O)[O-])c3)nn2C)n1. The van der Waals surface area contributed by atoms with Crippen molar-refractivity contribution in [1.29, 1.82) is 5.26 Å². The van der Waals surface area contributed by atoms with Gasteiger partial charge in [-0.05, 0) is 0 Å². The molecule has 0 saturated carbocycles. The fourth-order valence-corrected chi connectivity index (χ4v) is 2.88. The monoisotopic (exact) mass is 468 g/mol. The van der Waals surface area contributed by atoms with Gasteiger partial charge in [-0.1, -0.05) is 0 Å². The number of anilines is 2. The third-order valence-corrected chi connectivity index (χ3v) is 4.75. The summed E-state index contributed by atoms with van der Waals surface area (Å²) >= 11 is 0. The summed E-state index contributed by atoms with van der Waals surface area (Å²) < 4.78 is 3.32. The lowest BCUT2D eigenvalue weighted by Crippen LogP contribution is -2.32. The topological polar surface area (TPSA) is 177 Å². The average Bonchev–Trinajstić information content (AvgIpc) is 3.55. The third-order valence-electron chi connectivity index (χ3n) is 4.75. The Hall–Kier alpha value is -5.00. The summed E-state index contributed by atoms with van der Waals surface area (Å²) in [7, 11) is 4.44. The number of hydrogen-bond acceptors (Lipinski definition) is 8. The molecule has 0 atom stereocenters. The molecule has 176 valence electrons. The first-order valence-electron chi connectivity index (χ1n) is 9.76. The van der Waals surface area contributed by atoms with E-state index < -0.39 is 22.9 Å². The molecule has 0 aliphatic heterocycles. The van der Waals surface area contributed by atoms with E-state index in [1.807, 2.05) is 6.07 Å². The van der Waals surface area contributed by atoms with Crippen LogP contribution in [0.3, 0.4) is 0 Å². The van der Waals surface area contributed by atoms with Crippen LogP contribution in [0.15, 0.2) is 36.8 Å². The Balaban J connectivity index is 1.70. The van der Waals surface area contributed by atoms with Crippen molar-refractivity contribution in [2.75, 3.05) is 30.9 Å². The number of rotatable bonds is 6. The lowest BCUT2D eigenvalue weighted by molar-refractivity contribution is -0.384. The fraction of sp³-hybridized carbons (Fsp3) is 0.263. The number of carbonyl (C=O) groups is 3. The van der Waals surface area contributed by atoms with Crippen LogP contribution in [0.25, 0.3) is 0 Å². The largest absolute Gasteiger partial charge is 0.344 e. The molecule has 3 aromatic heterocycles. The predicted molar refractivity (Wildman–Crippen MR) is 117 cm³/mol. The first-order chi connectivity index (χ1) is 16.1. The molecule has 0 fully saturated rings. The maximum Gasteiger partial charge on any atom is 0.344 e. The molecule has 0 bridgehead atoms. The Labute approximate surface area is 192 Å². The van der Waals surface area contributed by atoms with Gasteiger partial charge in [0.2, 0.25) is 0 Å². The van der Waals surface area contributed by atoms with Crippen LogP contribution in [-0.4, -0.2) is 72.6 Å². The molecular formula is C19H20N10O5. The van der Waals surface area contributed by atoms with Gasteiger partial charge in [0, 0.05) is 58.3 Å². The molecule has 3 heterocycles. The highest BCUT2D eigenvalue weighted by atomic mass is 16.6. The molecule has 0 saturated heterocycles. The third kappa shape index (κ3) is 4.91. The van der Waals surface area contributed by atoms with Gasteiger partial charge in [0.15, 0.2) is 11.6 Å². The van der Waals surface area contributed by atoms with Gasteiger partial charge in [-0.3, -0.25) is 29.1 Å². The fourth-order valence-electron chi connectivity index (χ4n) is 2.88. The van der Waals surface area contributed by atoms with E-state index in [4.69, 9.17) is 5.26 Å². The number of aryl methyl sites for hydroxylation is 1. The van der Waals surface area contributed by atoms with E-state index in [0.717, 1.165) is 20.3 Å². The quantitative estimate of drug-likeness (QED) is 0.418. The highest BCUT2D eigenvalue weighted by Crippen LogP contribution is 2.17. The van der Waals surface area contributed by atoms with Crippen molar-refractivity contribution in [1.82, 2.24) is 29.0 Å². The van der Waals surface area contributed by atoms with Crippen molar-refractivity contribution >= 4 is 35.3 Å². The van der Waals surface area contributed by atoms with Crippen LogP contribution in [-0.2, 0) is 7.05 Å². The van der Waals surface area contributed by atoms with Gasteiger partial charge in [-0.2, -0.15) is 15.0 Å². The minimum Gasteiger partial charge on any atom is -0.325 e. The van der Waals surface area contributed by atoms with Crippen LogP contribution in [0.4, 0.5) is 26.9 Å². The maximum atomic E-state index is 12.7. The van der Waals surface area contributed by atoms with Crippen molar-refractivity contribution in [2.24, 2.45) is 7.05 Å². The van der Waals surface area contributed by atoms with Crippen LogP contribution in [0, 0.1) is 21.4 Å². The molecule has 0 aliphatic carbocycles. The highest BCUT2D eigenvalue weighted by molar-refractivity contribution is 6.04. The van der Waals surface area contributed by atoms with Gasteiger partial charge >= 0.3 is 12.1 Å². The molecule has 3 rings (SSSR count). The first kappa shape index (κ1) is 23.7. The lowest BCUT2D eigenvalue weighted by Gasteiger charge is -2.14. The van der Waals surface area contributed by atoms with Crippen LogP contribution in [0.5, 0.6) is 0 Å². The Morgan fingerprint density at radius 2 is 1.94 bits per heavy atom. The summed E-state index contributed by atoms with van der Waals surface area (Å²) in [5, 5.41) is 30.2. The zero-order chi connectivity index (χ0) is 25.0. The lowest BCUT2D eigenvalue weighted by atomic mass is 10.3. The Bertz CT molecular complexity index is 1300. The minimum absolute atomic E-state index is 0.0974. The normalized spacial score (nSPS) is 10.4. The van der Waals surface area contributed by atoms with Gasteiger partial charge in [-0.15, -0.1) is 5.10 Å². The summed E-state index contributed by atoms with van der Waals surface area (Å²) in [4.78, 5) is 50.3. The van der Waals surface area contributed by atoms with Crippen LogP contribution < -0.4 is 10.2 Å². The first-order valence-corrected chi connectivity index (χ1v) is 9.76. The van der Waals surface area contributed by atoms with E-state index in [1.165, 1.54) is 61.3 Å². The van der Waals surface area contributed by atoms with Gasteiger partial charge in [0.25, 0.3) is 11.6 Å². The van der Waals surface area contributed by atoms with E-state index in [-0.39, 0.29) is 36.0 Å². The minimum atomic E-state index is -0.619.